The topological polar surface area (TPSA) is 43.3 Å². The molecule has 2 rings (SSSR count). The summed E-state index contributed by atoms with van der Waals surface area (Å²) < 4.78 is 6.58. The molecule has 1 aromatic heterocycles. The number of nitrogens with one attached hydrogen (secondary N) is 1. The van der Waals surface area contributed by atoms with Gasteiger partial charge in [-0.3, -0.25) is 4.79 Å². The molecule has 0 saturated heterocycles. The summed E-state index contributed by atoms with van der Waals surface area (Å²) in [4.78, 5) is 11.7. The third kappa shape index (κ3) is 4.24. The molecule has 0 saturated carbocycles. The summed E-state index contributed by atoms with van der Waals surface area (Å²) in [6, 6.07) is 8.65. The monoisotopic (exact) mass is 326 g/mol. The van der Waals surface area contributed by atoms with Gasteiger partial charge in [-0.05, 0) is 18.2 Å². The van der Waals surface area contributed by atoms with Crippen molar-refractivity contribution in [2.24, 2.45) is 0 Å². The number of aromatic nitrogens is 1. The van der Waals surface area contributed by atoms with Crippen LogP contribution in [0.3, 0.4) is 0 Å². The second kappa shape index (κ2) is 7.50. The van der Waals surface area contributed by atoms with E-state index in [9.17, 15) is 4.79 Å². The number of methoxy groups -OCH3 is 1. The number of hydrogen-bond donors (Lipinski definition) is 1. The Bertz CT molecular complexity index is 651. The van der Waals surface area contributed by atoms with Crippen molar-refractivity contribution >= 4 is 28.9 Å². The van der Waals surface area contributed by atoms with Gasteiger partial charge in [-0.25, -0.2) is 0 Å². The first-order valence-corrected chi connectivity index (χ1v) is 7.23. The van der Waals surface area contributed by atoms with Crippen molar-refractivity contribution in [2.75, 3.05) is 19.0 Å². The first-order valence-electron chi connectivity index (χ1n) is 6.48. The van der Waals surface area contributed by atoms with Gasteiger partial charge in [0.25, 0.3) is 5.56 Å². The molecule has 0 unspecified atom stereocenters. The molecule has 112 valence electrons. The number of pyridine rings is 1. The first kappa shape index (κ1) is 15.9. The summed E-state index contributed by atoms with van der Waals surface area (Å²) in [5.41, 5.74) is 1.59. The number of nitrogens with zero attached hydrogens (tertiary/aromatic N) is 1. The molecule has 6 heteroatoms. The third-order valence-electron chi connectivity index (χ3n) is 3.05. The van der Waals surface area contributed by atoms with Crippen molar-refractivity contribution in [3.63, 3.8) is 0 Å². The predicted octanol–water partition coefficient (Wildman–Crippen LogP) is 3.41. The third-order valence-corrected chi connectivity index (χ3v) is 3.76. The Morgan fingerprint density at radius 1 is 1.19 bits per heavy atom. The smallest absolute Gasteiger partial charge is 0.250 e. The van der Waals surface area contributed by atoms with Gasteiger partial charge in [-0.15, -0.1) is 0 Å². The van der Waals surface area contributed by atoms with Crippen molar-refractivity contribution in [1.82, 2.24) is 4.57 Å². The Morgan fingerprint density at radius 2 is 1.90 bits per heavy atom. The van der Waals surface area contributed by atoms with E-state index in [1.54, 1.807) is 42.1 Å². The molecule has 0 atom stereocenters. The van der Waals surface area contributed by atoms with Crippen molar-refractivity contribution in [3.05, 3.63) is 62.5 Å². The van der Waals surface area contributed by atoms with Gasteiger partial charge >= 0.3 is 0 Å². The maximum Gasteiger partial charge on any atom is 0.250 e. The number of rotatable bonds is 6. The van der Waals surface area contributed by atoms with E-state index in [0.29, 0.717) is 29.7 Å². The van der Waals surface area contributed by atoms with Gasteiger partial charge < -0.3 is 14.6 Å². The summed E-state index contributed by atoms with van der Waals surface area (Å²) >= 11 is 12.2. The fourth-order valence-corrected chi connectivity index (χ4v) is 2.42. The molecule has 0 bridgehead atoms. The highest BCUT2D eigenvalue weighted by atomic mass is 35.5. The lowest BCUT2D eigenvalue weighted by molar-refractivity contribution is 0.186. The standard InChI is InChI=1S/C15H16Cl2N2O2/c1-21-8-7-19-10-11(5-6-15(19)20)18-9-12-13(16)3-2-4-14(12)17/h2-6,10,18H,7-9H2,1H3. The lowest BCUT2D eigenvalue weighted by atomic mass is 10.2. The van der Waals surface area contributed by atoms with E-state index < -0.39 is 0 Å². The number of halogens is 2. The van der Waals surface area contributed by atoms with Crippen LogP contribution in [0.5, 0.6) is 0 Å². The zero-order valence-electron chi connectivity index (χ0n) is 11.6. The maximum absolute atomic E-state index is 11.7. The van der Waals surface area contributed by atoms with Crippen molar-refractivity contribution in [2.45, 2.75) is 13.1 Å². The first-order chi connectivity index (χ1) is 10.1. The molecule has 1 N–H and O–H groups in total. The Labute approximate surface area is 133 Å². The fraction of sp³-hybridized carbons (Fsp3) is 0.267. The molecule has 0 amide bonds. The number of benzene rings is 1. The van der Waals surface area contributed by atoms with E-state index in [1.807, 2.05) is 0 Å². The van der Waals surface area contributed by atoms with Crippen LogP contribution in [0.2, 0.25) is 10.0 Å². The molecule has 21 heavy (non-hydrogen) atoms. The van der Waals surface area contributed by atoms with Crippen LogP contribution < -0.4 is 10.9 Å². The highest BCUT2D eigenvalue weighted by molar-refractivity contribution is 6.36. The zero-order valence-corrected chi connectivity index (χ0v) is 13.1. The summed E-state index contributed by atoms with van der Waals surface area (Å²) in [5, 5.41) is 4.44. The molecule has 0 fully saturated rings. The van der Waals surface area contributed by atoms with E-state index in [2.05, 4.69) is 5.32 Å². The number of anilines is 1. The van der Waals surface area contributed by atoms with Gasteiger partial charge in [0.05, 0.1) is 12.3 Å². The quantitative estimate of drug-likeness (QED) is 0.884. The lowest BCUT2D eigenvalue weighted by Gasteiger charge is -2.12. The highest BCUT2D eigenvalue weighted by Gasteiger charge is 2.05. The van der Waals surface area contributed by atoms with Crippen molar-refractivity contribution < 1.29 is 4.74 Å². The molecule has 4 nitrogen and oxygen atoms in total. The second-order valence-corrected chi connectivity index (χ2v) is 5.31. The van der Waals surface area contributed by atoms with Gasteiger partial charge in [0.15, 0.2) is 0 Å². The van der Waals surface area contributed by atoms with Crippen LogP contribution in [-0.4, -0.2) is 18.3 Å². The van der Waals surface area contributed by atoms with Crippen LogP contribution in [0.15, 0.2) is 41.3 Å². The Kier molecular flexibility index (Phi) is 5.67. The summed E-state index contributed by atoms with van der Waals surface area (Å²) in [7, 11) is 1.60. The molecular formula is C15H16Cl2N2O2. The van der Waals surface area contributed by atoms with Gasteiger partial charge in [-0.1, -0.05) is 29.3 Å². The van der Waals surface area contributed by atoms with Crippen LogP contribution >= 0.6 is 23.2 Å². The van der Waals surface area contributed by atoms with E-state index in [1.165, 1.54) is 6.07 Å². The minimum absolute atomic E-state index is 0.0617. The largest absolute Gasteiger partial charge is 0.383 e. The van der Waals surface area contributed by atoms with Crippen LogP contribution in [0.4, 0.5) is 5.69 Å². The normalized spacial score (nSPS) is 10.6. The lowest BCUT2D eigenvalue weighted by Crippen LogP contribution is -2.21. The van der Waals surface area contributed by atoms with Gasteiger partial charge in [-0.2, -0.15) is 0 Å². The summed E-state index contributed by atoms with van der Waals surface area (Å²) in [6.07, 6.45) is 1.76. The van der Waals surface area contributed by atoms with Crippen LogP contribution in [0.1, 0.15) is 5.56 Å². The maximum atomic E-state index is 11.7. The number of hydrogen-bond acceptors (Lipinski definition) is 3. The molecule has 0 aliphatic heterocycles. The van der Waals surface area contributed by atoms with Gasteiger partial charge in [0.2, 0.25) is 0 Å². The predicted molar refractivity (Wildman–Crippen MR) is 86.4 cm³/mol. The van der Waals surface area contributed by atoms with Crippen molar-refractivity contribution in [3.8, 4) is 0 Å². The molecule has 0 spiro atoms. The van der Waals surface area contributed by atoms with Gasteiger partial charge in [0.1, 0.15) is 0 Å². The Hall–Kier alpha value is -1.49. The van der Waals surface area contributed by atoms with Crippen LogP contribution in [0, 0.1) is 0 Å². The molecule has 0 aliphatic rings. The Morgan fingerprint density at radius 3 is 2.57 bits per heavy atom. The second-order valence-electron chi connectivity index (χ2n) is 4.50. The van der Waals surface area contributed by atoms with E-state index in [-0.39, 0.29) is 5.56 Å². The average molecular weight is 327 g/mol. The molecule has 1 heterocycles. The van der Waals surface area contributed by atoms with Crippen LogP contribution in [-0.2, 0) is 17.8 Å². The minimum Gasteiger partial charge on any atom is -0.383 e. The van der Waals surface area contributed by atoms with Gasteiger partial charge in [0, 0.05) is 48.1 Å². The minimum atomic E-state index is -0.0617. The fourth-order valence-electron chi connectivity index (χ4n) is 1.89. The number of ether oxygens (including phenoxy) is 1. The van der Waals surface area contributed by atoms with Crippen molar-refractivity contribution in [1.29, 1.82) is 0 Å². The molecule has 2 aromatic rings. The average Bonchev–Trinajstić information content (AvgIpc) is 2.47. The van der Waals surface area contributed by atoms with E-state index in [0.717, 1.165) is 11.3 Å². The van der Waals surface area contributed by atoms with E-state index >= 15 is 0 Å². The summed E-state index contributed by atoms with van der Waals surface area (Å²) in [6.45, 7) is 1.48. The van der Waals surface area contributed by atoms with Crippen LogP contribution in [0.25, 0.3) is 0 Å². The van der Waals surface area contributed by atoms with E-state index in [4.69, 9.17) is 27.9 Å². The Balaban J connectivity index is 2.11. The molecule has 0 radical (unpaired) electrons. The molecule has 1 aromatic carbocycles. The SMILES string of the molecule is COCCn1cc(NCc2c(Cl)cccc2Cl)ccc1=O. The molecule has 0 aliphatic carbocycles. The summed E-state index contributed by atoms with van der Waals surface area (Å²) in [5.74, 6) is 0. The molecular weight excluding hydrogens is 311 g/mol. The zero-order chi connectivity index (χ0) is 15.2. The highest BCUT2D eigenvalue weighted by Crippen LogP contribution is 2.24.